The second kappa shape index (κ2) is 13.7. The molecule has 2 heterocycles. The highest BCUT2D eigenvalue weighted by atomic mass is 32.2. The van der Waals surface area contributed by atoms with Crippen LogP contribution in [0, 0.1) is 11.3 Å². The lowest BCUT2D eigenvalue weighted by atomic mass is 9.85. The van der Waals surface area contributed by atoms with Gasteiger partial charge in [0.25, 0.3) is 5.91 Å². The minimum atomic E-state index is -3.89. The van der Waals surface area contributed by atoms with Gasteiger partial charge in [0.05, 0.1) is 11.8 Å². The number of amides is 4. The zero-order chi connectivity index (χ0) is 37.7. The van der Waals surface area contributed by atoms with Gasteiger partial charge in [0.1, 0.15) is 29.3 Å². The molecule has 278 valence electrons. The van der Waals surface area contributed by atoms with Gasteiger partial charge in [-0.2, -0.15) is 0 Å². The molecular weight excluding hydrogens is 675 g/mol. The summed E-state index contributed by atoms with van der Waals surface area (Å²) in [5.74, 6) is -1.89. The van der Waals surface area contributed by atoms with Gasteiger partial charge in [0.15, 0.2) is 0 Å². The van der Waals surface area contributed by atoms with Crippen LogP contribution in [0.25, 0.3) is 10.8 Å². The van der Waals surface area contributed by atoms with Crippen molar-refractivity contribution in [2.75, 3.05) is 6.54 Å². The van der Waals surface area contributed by atoms with Crippen LogP contribution in [0.3, 0.4) is 0 Å². The molecule has 3 N–H and O–H groups in total. The molecule has 0 radical (unpaired) electrons. The van der Waals surface area contributed by atoms with E-state index in [1.807, 2.05) is 18.2 Å². The molecule has 1 aromatic carbocycles. The Hall–Kier alpha value is -4.20. The Bertz CT molecular complexity index is 1830. The predicted molar refractivity (Wildman–Crippen MR) is 192 cm³/mol. The van der Waals surface area contributed by atoms with Gasteiger partial charge >= 0.3 is 6.09 Å². The Kier molecular flexibility index (Phi) is 10.2. The van der Waals surface area contributed by atoms with Crippen molar-refractivity contribution in [3.63, 3.8) is 0 Å². The smallest absolute Gasteiger partial charge is 0.408 e. The van der Waals surface area contributed by atoms with E-state index in [1.54, 1.807) is 47.7 Å². The number of ether oxygens (including phenoxy) is 2. The number of aromatic nitrogens is 1. The highest BCUT2D eigenvalue weighted by Gasteiger charge is 2.62. The second-order valence-corrected chi connectivity index (χ2v) is 18.3. The fourth-order valence-corrected chi connectivity index (χ4v) is 7.78. The topological polar surface area (TPSA) is 173 Å². The lowest BCUT2D eigenvalue weighted by Crippen LogP contribution is -2.60. The summed E-state index contributed by atoms with van der Waals surface area (Å²) in [6.45, 7) is 18.5. The van der Waals surface area contributed by atoms with E-state index in [-0.39, 0.29) is 19.4 Å². The minimum Gasteiger partial charge on any atom is -0.472 e. The molecule has 2 aliphatic carbocycles. The molecule has 51 heavy (non-hydrogen) atoms. The number of carbonyl (C=O) groups is 4. The third-order valence-corrected chi connectivity index (χ3v) is 11.4. The predicted octanol–water partition coefficient (Wildman–Crippen LogP) is 4.32. The lowest BCUT2D eigenvalue weighted by Gasteiger charge is -2.36. The van der Waals surface area contributed by atoms with Crippen LogP contribution in [0.5, 0.6) is 5.88 Å². The Morgan fingerprint density at radius 3 is 2.33 bits per heavy atom. The molecule has 0 spiro atoms. The van der Waals surface area contributed by atoms with Crippen molar-refractivity contribution in [1.29, 1.82) is 0 Å². The molecule has 0 bridgehead atoms. The quantitative estimate of drug-likeness (QED) is 0.285. The highest BCUT2D eigenvalue weighted by molar-refractivity contribution is 7.91. The van der Waals surface area contributed by atoms with Gasteiger partial charge in [-0.05, 0) is 74.4 Å². The highest BCUT2D eigenvalue weighted by Crippen LogP contribution is 2.45. The summed E-state index contributed by atoms with van der Waals surface area (Å²) in [5, 5.41) is 6.56. The summed E-state index contributed by atoms with van der Waals surface area (Å²) >= 11 is 0. The normalized spacial score (nSPS) is 24.1. The van der Waals surface area contributed by atoms with Crippen molar-refractivity contribution in [2.45, 2.75) is 122 Å². The Morgan fingerprint density at radius 1 is 1.08 bits per heavy atom. The van der Waals surface area contributed by atoms with E-state index in [1.165, 1.54) is 11.0 Å². The molecule has 3 fully saturated rings. The summed E-state index contributed by atoms with van der Waals surface area (Å²) in [4.78, 5) is 60.9. The second-order valence-electron chi connectivity index (χ2n) is 16.4. The molecule has 14 heteroatoms. The summed E-state index contributed by atoms with van der Waals surface area (Å²) in [5.41, 5.74) is -2.01. The minimum absolute atomic E-state index is 0.0260. The van der Waals surface area contributed by atoms with Gasteiger partial charge in [-0.3, -0.25) is 19.1 Å². The van der Waals surface area contributed by atoms with Crippen molar-refractivity contribution in [1.82, 2.24) is 25.2 Å². The maximum Gasteiger partial charge on any atom is 0.408 e. The number of rotatable bonds is 11. The summed E-state index contributed by atoms with van der Waals surface area (Å²) in [6.07, 6.45) is 2.79. The average Bonchev–Trinajstić information content (AvgIpc) is 3.95. The van der Waals surface area contributed by atoms with Gasteiger partial charge in [0.2, 0.25) is 27.7 Å². The van der Waals surface area contributed by atoms with Crippen LogP contribution in [0.1, 0.15) is 92.6 Å². The van der Waals surface area contributed by atoms with Crippen LogP contribution in [0.4, 0.5) is 4.79 Å². The molecule has 1 aromatic heterocycles. The number of sulfonamides is 1. The van der Waals surface area contributed by atoms with E-state index in [4.69, 9.17) is 9.47 Å². The molecule has 2 saturated carbocycles. The number of nitrogens with zero attached hydrogens (tertiary/aromatic N) is 2. The van der Waals surface area contributed by atoms with Gasteiger partial charge in [-0.25, -0.2) is 18.2 Å². The average molecular weight is 726 g/mol. The standard InChI is InChI=1S/C37H51N5O8S/c1-10-24-19-37(24,33(45)41-51(47,48)26-12-13-26)40-30(43)28-18-25(49-31-27-14-11-22(21(2)3)17-23(27)15-16-38-31)20-42(28)32(44)29(35(4,5)6)39-34(46)50-36(7,8)9/h10-11,14-17,21,24-26,28-29H,1,12-13,18-20H2,2-9H3,(H,39,46)(H,40,43)(H,41,45)/t24-,25-,28-,29-,37+/m1/s1. The molecule has 1 aliphatic heterocycles. The Labute approximate surface area is 300 Å². The third kappa shape index (κ3) is 8.48. The number of hydrogen-bond acceptors (Lipinski definition) is 9. The van der Waals surface area contributed by atoms with Gasteiger partial charge in [-0.1, -0.05) is 52.8 Å². The largest absolute Gasteiger partial charge is 0.472 e. The molecule has 0 unspecified atom stereocenters. The molecule has 2 aromatic rings. The molecule has 4 amide bonds. The van der Waals surface area contributed by atoms with Crippen molar-refractivity contribution in [2.24, 2.45) is 11.3 Å². The zero-order valence-electron chi connectivity index (χ0n) is 30.7. The maximum absolute atomic E-state index is 14.5. The van der Waals surface area contributed by atoms with Crippen molar-refractivity contribution >= 4 is 44.6 Å². The van der Waals surface area contributed by atoms with Crippen LogP contribution >= 0.6 is 0 Å². The Balaban J connectivity index is 1.45. The molecular formula is C37H51N5O8S. The number of alkyl carbamates (subject to hydrolysis) is 1. The number of hydrogen-bond donors (Lipinski definition) is 3. The van der Waals surface area contributed by atoms with Gasteiger partial charge in [0, 0.05) is 23.9 Å². The summed E-state index contributed by atoms with van der Waals surface area (Å²) in [6, 6.07) is 5.68. The van der Waals surface area contributed by atoms with Crippen LogP contribution in [0.2, 0.25) is 0 Å². The molecule has 13 nitrogen and oxygen atoms in total. The lowest BCUT2D eigenvalue weighted by molar-refractivity contribution is -0.143. The van der Waals surface area contributed by atoms with E-state index in [2.05, 4.69) is 46.8 Å². The number of benzene rings is 1. The van der Waals surface area contributed by atoms with Crippen molar-refractivity contribution < 1.29 is 37.1 Å². The first-order chi connectivity index (χ1) is 23.6. The van der Waals surface area contributed by atoms with E-state index < -0.39 is 79.7 Å². The number of pyridine rings is 1. The first-order valence-electron chi connectivity index (χ1n) is 17.5. The van der Waals surface area contributed by atoms with Crippen LogP contribution in [-0.4, -0.2) is 83.2 Å². The first-order valence-corrected chi connectivity index (χ1v) is 19.1. The van der Waals surface area contributed by atoms with Crippen molar-refractivity contribution in [3.05, 3.63) is 48.7 Å². The van der Waals surface area contributed by atoms with Crippen molar-refractivity contribution in [3.8, 4) is 5.88 Å². The fourth-order valence-electron chi connectivity index (χ4n) is 6.41. The molecule has 3 aliphatic rings. The fraction of sp³-hybridized carbons (Fsp3) is 0.595. The number of likely N-dealkylation sites (tertiary alicyclic amines) is 1. The maximum atomic E-state index is 14.5. The van der Waals surface area contributed by atoms with Crippen LogP contribution in [0.15, 0.2) is 43.1 Å². The summed E-state index contributed by atoms with van der Waals surface area (Å²) < 4.78 is 39.4. The Morgan fingerprint density at radius 2 is 1.76 bits per heavy atom. The van der Waals surface area contributed by atoms with Crippen LogP contribution in [-0.2, 0) is 29.1 Å². The monoisotopic (exact) mass is 725 g/mol. The van der Waals surface area contributed by atoms with E-state index in [0.717, 1.165) is 16.3 Å². The zero-order valence-corrected chi connectivity index (χ0v) is 31.6. The molecule has 5 atom stereocenters. The van der Waals surface area contributed by atoms with Gasteiger partial charge in [-0.15, -0.1) is 6.58 Å². The van der Waals surface area contributed by atoms with E-state index >= 15 is 0 Å². The molecule has 5 rings (SSSR count). The first kappa shape index (κ1) is 38.0. The number of fused-ring (bicyclic) bond motifs is 1. The third-order valence-electron chi connectivity index (χ3n) is 9.57. The SMILES string of the molecule is C=C[C@@H]1C[C@@]1(NC(=O)[C@H]1C[C@@H](Oc2nccc3cc(C(C)C)ccc23)CN1C(=O)[C@@H](NC(=O)OC(C)(C)C)C(C)(C)C)C(=O)NS(=O)(=O)C1CC1. The number of carbonyl (C=O) groups excluding carboxylic acids is 4. The molecule has 1 saturated heterocycles. The number of nitrogens with one attached hydrogen (secondary N) is 3. The van der Waals surface area contributed by atoms with E-state index in [9.17, 15) is 27.6 Å². The summed E-state index contributed by atoms with van der Waals surface area (Å²) in [7, 11) is -3.89. The van der Waals surface area contributed by atoms with Crippen LogP contribution < -0.4 is 20.1 Å². The van der Waals surface area contributed by atoms with E-state index in [0.29, 0.717) is 24.6 Å². The van der Waals surface area contributed by atoms with Gasteiger partial charge < -0.3 is 25.0 Å².